The van der Waals surface area contributed by atoms with Gasteiger partial charge in [0.25, 0.3) is 5.91 Å². The van der Waals surface area contributed by atoms with Crippen molar-refractivity contribution in [1.82, 2.24) is 10.2 Å². The first-order valence-electron chi connectivity index (χ1n) is 9.77. The molecule has 2 aromatic carbocycles. The number of hydrogen-bond donors (Lipinski definition) is 1. The minimum absolute atomic E-state index is 0.207. The summed E-state index contributed by atoms with van der Waals surface area (Å²) in [4.78, 5) is 27.0. The van der Waals surface area contributed by atoms with E-state index in [1.165, 1.54) is 29.2 Å². The SMILES string of the molecule is Cc1ccc(CN(C(=O)COc2ccc(F)cc2)C(C)C(=O)NCC(C)C)cc1. The summed E-state index contributed by atoms with van der Waals surface area (Å²) in [6.45, 7) is 8.32. The Hall–Kier alpha value is -2.89. The van der Waals surface area contributed by atoms with Gasteiger partial charge in [0.05, 0.1) is 0 Å². The summed E-state index contributed by atoms with van der Waals surface area (Å²) < 4.78 is 18.5. The van der Waals surface area contributed by atoms with E-state index >= 15 is 0 Å². The maximum atomic E-state index is 13.0. The predicted molar refractivity (Wildman–Crippen MR) is 111 cm³/mol. The zero-order chi connectivity index (χ0) is 21.4. The predicted octanol–water partition coefficient (Wildman–Crippen LogP) is 3.70. The Morgan fingerprint density at radius 2 is 1.66 bits per heavy atom. The van der Waals surface area contributed by atoms with Gasteiger partial charge in [-0.1, -0.05) is 43.7 Å². The fourth-order valence-corrected chi connectivity index (χ4v) is 2.68. The van der Waals surface area contributed by atoms with Crippen LogP contribution >= 0.6 is 0 Å². The quantitative estimate of drug-likeness (QED) is 0.698. The van der Waals surface area contributed by atoms with Crippen molar-refractivity contribution < 1.29 is 18.7 Å². The number of halogens is 1. The molecule has 156 valence electrons. The van der Waals surface area contributed by atoms with Crippen molar-refractivity contribution in [3.8, 4) is 5.75 Å². The molecular formula is C23H29FN2O3. The van der Waals surface area contributed by atoms with Crippen molar-refractivity contribution in [2.45, 2.75) is 40.3 Å². The second kappa shape index (κ2) is 10.6. The molecule has 0 saturated heterocycles. The van der Waals surface area contributed by atoms with Crippen molar-refractivity contribution in [2.75, 3.05) is 13.2 Å². The Kier molecular flexibility index (Phi) is 8.19. The van der Waals surface area contributed by atoms with Crippen LogP contribution in [0.3, 0.4) is 0 Å². The monoisotopic (exact) mass is 400 g/mol. The Morgan fingerprint density at radius 3 is 2.24 bits per heavy atom. The normalized spacial score (nSPS) is 11.8. The van der Waals surface area contributed by atoms with Crippen molar-refractivity contribution in [3.05, 3.63) is 65.5 Å². The number of nitrogens with zero attached hydrogens (tertiary/aromatic N) is 1. The van der Waals surface area contributed by atoms with Crippen LogP contribution in [-0.2, 0) is 16.1 Å². The Balaban J connectivity index is 2.10. The first-order chi connectivity index (χ1) is 13.8. The van der Waals surface area contributed by atoms with E-state index in [1.54, 1.807) is 6.92 Å². The number of benzene rings is 2. The highest BCUT2D eigenvalue weighted by Gasteiger charge is 2.26. The minimum atomic E-state index is -0.653. The van der Waals surface area contributed by atoms with Crippen molar-refractivity contribution >= 4 is 11.8 Å². The molecule has 0 aliphatic heterocycles. The third-order valence-electron chi connectivity index (χ3n) is 4.50. The van der Waals surface area contributed by atoms with E-state index in [9.17, 15) is 14.0 Å². The molecule has 5 nitrogen and oxygen atoms in total. The Labute approximate surface area is 171 Å². The molecule has 1 N–H and O–H groups in total. The number of nitrogens with one attached hydrogen (secondary N) is 1. The van der Waals surface area contributed by atoms with Crippen LogP contribution in [0.4, 0.5) is 4.39 Å². The molecule has 0 spiro atoms. The van der Waals surface area contributed by atoms with E-state index in [0.29, 0.717) is 24.8 Å². The molecule has 2 aromatic rings. The first kappa shape index (κ1) is 22.4. The fourth-order valence-electron chi connectivity index (χ4n) is 2.68. The van der Waals surface area contributed by atoms with Gasteiger partial charge in [0, 0.05) is 13.1 Å². The maximum Gasteiger partial charge on any atom is 0.261 e. The van der Waals surface area contributed by atoms with E-state index in [2.05, 4.69) is 5.32 Å². The number of carbonyl (C=O) groups excluding carboxylic acids is 2. The molecule has 1 atom stereocenters. The van der Waals surface area contributed by atoms with Gasteiger partial charge < -0.3 is 15.0 Å². The molecule has 2 rings (SSSR count). The minimum Gasteiger partial charge on any atom is -0.484 e. The largest absolute Gasteiger partial charge is 0.484 e. The molecule has 6 heteroatoms. The van der Waals surface area contributed by atoms with Gasteiger partial charge in [-0.2, -0.15) is 0 Å². The van der Waals surface area contributed by atoms with Crippen molar-refractivity contribution in [2.24, 2.45) is 5.92 Å². The van der Waals surface area contributed by atoms with Crippen LogP contribution in [0, 0.1) is 18.7 Å². The van der Waals surface area contributed by atoms with Gasteiger partial charge in [0.2, 0.25) is 5.91 Å². The van der Waals surface area contributed by atoms with Crippen LogP contribution in [0.15, 0.2) is 48.5 Å². The molecule has 0 fully saturated rings. The lowest BCUT2D eigenvalue weighted by molar-refractivity contribution is -0.142. The number of amides is 2. The molecule has 0 aromatic heterocycles. The van der Waals surface area contributed by atoms with E-state index in [1.807, 2.05) is 45.0 Å². The molecule has 2 amide bonds. The smallest absolute Gasteiger partial charge is 0.261 e. The van der Waals surface area contributed by atoms with Crippen molar-refractivity contribution in [3.63, 3.8) is 0 Å². The molecule has 0 saturated carbocycles. The highest BCUT2D eigenvalue weighted by atomic mass is 19.1. The van der Waals surface area contributed by atoms with Gasteiger partial charge in [0.15, 0.2) is 6.61 Å². The van der Waals surface area contributed by atoms with Gasteiger partial charge in [0.1, 0.15) is 17.6 Å². The Bertz CT molecular complexity index is 804. The van der Waals surface area contributed by atoms with Gasteiger partial charge in [-0.3, -0.25) is 9.59 Å². The summed E-state index contributed by atoms with van der Waals surface area (Å²) >= 11 is 0. The lowest BCUT2D eigenvalue weighted by Gasteiger charge is -2.29. The lowest BCUT2D eigenvalue weighted by atomic mass is 10.1. The Morgan fingerprint density at radius 1 is 1.03 bits per heavy atom. The molecule has 0 bridgehead atoms. The zero-order valence-corrected chi connectivity index (χ0v) is 17.4. The lowest BCUT2D eigenvalue weighted by Crippen LogP contribution is -2.49. The summed E-state index contributed by atoms with van der Waals surface area (Å²) in [5.74, 6) is -0.190. The summed E-state index contributed by atoms with van der Waals surface area (Å²) in [6, 6.07) is 12.6. The van der Waals surface area contributed by atoms with Crippen LogP contribution in [-0.4, -0.2) is 35.9 Å². The number of ether oxygens (including phenoxy) is 1. The third-order valence-corrected chi connectivity index (χ3v) is 4.50. The average molecular weight is 400 g/mol. The van der Waals surface area contributed by atoms with Crippen molar-refractivity contribution in [1.29, 1.82) is 0 Å². The number of aryl methyl sites for hydroxylation is 1. The van der Waals surface area contributed by atoms with Gasteiger partial charge in [-0.05, 0) is 49.6 Å². The van der Waals surface area contributed by atoms with Gasteiger partial charge in [-0.15, -0.1) is 0 Å². The summed E-state index contributed by atoms with van der Waals surface area (Å²) in [5.41, 5.74) is 2.04. The zero-order valence-electron chi connectivity index (χ0n) is 17.4. The number of carbonyl (C=O) groups is 2. The molecule has 1 unspecified atom stereocenters. The highest BCUT2D eigenvalue weighted by Crippen LogP contribution is 2.14. The second-order valence-corrected chi connectivity index (χ2v) is 7.56. The molecule has 29 heavy (non-hydrogen) atoms. The third kappa shape index (κ3) is 7.22. The standard InChI is InChI=1S/C23H29FN2O3/c1-16(2)13-25-23(28)18(4)26(14-19-7-5-17(3)6-8-19)22(27)15-29-21-11-9-20(24)10-12-21/h5-12,16,18H,13-15H2,1-4H3,(H,25,28). The average Bonchev–Trinajstić information content (AvgIpc) is 2.70. The van der Waals surface area contributed by atoms with E-state index in [4.69, 9.17) is 4.74 Å². The highest BCUT2D eigenvalue weighted by molar-refractivity contribution is 5.87. The van der Waals surface area contributed by atoms with Crippen LogP contribution in [0.2, 0.25) is 0 Å². The molecular weight excluding hydrogens is 371 g/mol. The van der Waals surface area contributed by atoms with E-state index in [-0.39, 0.29) is 24.2 Å². The summed E-state index contributed by atoms with van der Waals surface area (Å²) in [6.07, 6.45) is 0. The number of rotatable bonds is 9. The molecule has 0 aliphatic carbocycles. The van der Waals surface area contributed by atoms with Crippen LogP contribution in [0.5, 0.6) is 5.75 Å². The molecule has 0 heterocycles. The van der Waals surface area contributed by atoms with Crippen LogP contribution < -0.4 is 10.1 Å². The maximum absolute atomic E-state index is 13.0. The van der Waals surface area contributed by atoms with E-state index < -0.39 is 6.04 Å². The van der Waals surface area contributed by atoms with Gasteiger partial charge in [-0.25, -0.2) is 4.39 Å². The van der Waals surface area contributed by atoms with Gasteiger partial charge >= 0.3 is 0 Å². The fraction of sp³-hybridized carbons (Fsp3) is 0.391. The van der Waals surface area contributed by atoms with Crippen LogP contribution in [0.1, 0.15) is 31.9 Å². The summed E-state index contributed by atoms with van der Waals surface area (Å²) in [7, 11) is 0. The summed E-state index contributed by atoms with van der Waals surface area (Å²) in [5, 5.41) is 2.88. The topological polar surface area (TPSA) is 58.6 Å². The molecule has 0 radical (unpaired) electrons. The first-order valence-corrected chi connectivity index (χ1v) is 9.77. The number of hydrogen-bond acceptors (Lipinski definition) is 3. The second-order valence-electron chi connectivity index (χ2n) is 7.56. The molecule has 0 aliphatic rings. The van der Waals surface area contributed by atoms with Crippen LogP contribution in [0.25, 0.3) is 0 Å². The van der Waals surface area contributed by atoms with E-state index in [0.717, 1.165) is 11.1 Å².